The zero-order valence-corrected chi connectivity index (χ0v) is 19.9. The number of carbonyl (C=O) groups excluding carboxylic acids is 2. The van der Waals surface area contributed by atoms with Crippen LogP contribution in [0.1, 0.15) is 23.7 Å². The molecule has 0 bridgehead atoms. The van der Waals surface area contributed by atoms with Crippen molar-refractivity contribution >= 4 is 28.6 Å². The molecule has 0 spiro atoms. The van der Waals surface area contributed by atoms with Crippen molar-refractivity contribution in [2.75, 3.05) is 25.6 Å². The van der Waals surface area contributed by atoms with Gasteiger partial charge in [-0.25, -0.2) is 9.78 Å². The van der Waals surface area contributed by atoms with E-state index in [1.165, 1.54) is 0 Å². The molecule has 4 aromatic rings. The number of aromatic amines is 1. The molecular weight excluding hydrogens is 462 g/mol. The number of hydrogen-bond acceptors (Lipinski definition) is 7. The maximum Gasteiger partial charge on any atom is 0.338 e. The average molecular weight is 488 g/mol. The van der Waals surface area contributed by atoms with E-state index in [0.717, 1.165) is 11.3 Å². The van der Waals surface area contributed by atoms with Crippen LogP contribution >= 0.6 is 0 Å². The van der Waals surface area contributed by atoms with Crippen molar-refractivity contribution in [2.24, 2.45) is 0 Å². The Labute approximate surface area is 207 Å². The highest BCUT2D eigenvalue weighted by atomic mass is 16.6. The predicted octanol–water partition coefficient (Wildman–Crippen LogP) is 4.58. The van der Waals surface area contributed by atoms with Gasteiger partial charge in [-0.05, 0) is 61.0 Å². The molecule has 2 heterocycles. The first-order chi connectivity index (χ1) is 17.5. The fraction of sp³-hybridized carbons (Fsp3) is 0.222. The number of H-pyrrole nitrogens is 1. The van der Waals surface area contributed by atoms with E-state index in [-0.39, 0.29) is 0 Å². The molecule has 1 amide bonds. The van der Waals surface area contributed by atoms with Gasteiger partial charge in [0.2, 0.25) is 0 Å². The Morgan fingerprint density at radius 3 is 2.56 bits per heavy atom. The smallest absolute Gasteiger partial charge is 0.338 e. The molecule has 0 aliphatic carbocycles. The summed E-state index contributed by atoms with van der Waals surface area (Å²) in [5.74, 6) is 1.59. The Morgan fingerprint density at radius 1 is 1.03 bits per heavy atom. The largest absolute Gasteiger partial charge is 0.497 e. The van der Waals surface area contributed by atoms with E-state index >= 15 is 0 Å². The lowest BCUT2D eigenvalue weighted by Crippen LogP contribution is -2.32. The van der Waals surface area contributed by atoms with E-state index in [2.05, 4.69) is 15.3 Å². The number of hydrogen-bond donors (Lipinski definition) is 2. The molecule has 0 saturated carbocycles. The van der Waals surface area contributed by atoms with Crippen molar-refractivity contribution in [1.82, 2.24) is 9.97 Å². The van der Waals surface area contributed by atoms with E-state index in [1.807, 2.05) is 24.3 Å². The minimum Gasteiger partial charge on any atom is -0.497 e. The number of benzene rings is 3. The van der Waals surface area contributed by atoms with Crippen LogP contribution < -0.4 is 19.5 Å². The fourth-order valence-electron chi connectivity index (χ4n) is 3.89. The summed E-state index contributed by atoms with van der Waals surface area (Å²) in [4.78, 5) is 33.5. The number of anilines is 1. The third-order valence-electron chi connectivity index (χ3n) is 5.80. The van der Waals surface area contributed by atoms with Gasteiger partial charge >= 0.3 is 5.97 Å². The molecule has 36 heavy (non-hydrogen) atoms. The van der Waals surface area contributed by atoms with Crippen LogP contribution in [-0.4, -0.2) is 48.3 Å². The molecule has 184 valence electrons. The predicted molar refractivity (Wildman–Crippen MR) is 134 cm³/mol. The first-order valence-electron chi connectivity index (χ1n) is 11.6. The average Bonchev–Trinajstić information content (AvgIpc) is 3.35. The minimum absolute atomic E-state index is 0.316. The Bertz CT molecular complexity index is 1410. The maximum atomic E-state index is 12.9. The number of methoxy groups -OCH3 is 1. The summed E-state index contributed by atoms with van der Waals surface area (Å²) in [5.41, 5.74) is 3.13. The second-order valence-electron chi connectivity index (χ2n) is 8.20. The van der Waals surface area contributed by atoms with Gasteiger partial charge in [0.25, 0.3) is 5.91 Å². The monoisotopic (exact) mass is 487 g/mol. The lowest BCUT2D eigenvalue weighted by atomic mass is 10.2. The first kappa shape index (κ1) is 23.2. The summed E-state index contributed by atoms with van der Waals surface area (Å²) in [6.07, 6.45) is -0.645. The molecule has 0 fully saturated rings. The highest BCUT2D eigenvalue weighted by Crippen LogP contribution is 2.32. The fourth-order valence-corrected chi connectivity index (χ4v) is 3.89. The van der Waals surface area contributed by atoms with Crippen LogP contribution in [0.25, 0.3) is 22.4 Å². The number of fused-ring (bicyclic) bond motifs is 2. The van der Waals surface area contributed by atoms with E-state index < -0.39 is 18.0 Å². The number of amides is 1. The van der Waals surface area contributed by atoms with Crippen molar-refractivity contribution in [1.29, 1.82) is 0 Å². The molecule has 0 radical (unpaired) electrons. The molecule has 3 aromatic carbocycles. The topological polar surface area (TPSA) is 112 Å². The Kier molecular flexibility index (Phi) is 6.44. The van der Waals surface area contributed by atoms with Crippen LogP contribution in [0.4, 0.5) is 5.69 Å². The zero-order chi connectivity index (χ0) is 25.1. The van der Waals surface area contributed by atoms with Gasteiger partial charge in [0.15, 0.2) is 17.6 Å². The number of nitrogens with zero attached hydrogens (tertiary/aromatic N) is 1. The van der Waals surface area contributed by atoms with Gasteiger partial charge in [0.05, 0.1) is 23.7 Å². The third-order valence-corrected chi connectivity index (χ3v) is 5.80. The lowest BCUT2D eigenvalue weighted by Gasteiger charge is -2.20. The SMILES string of the molecule is CCC(OC(=O)c1ccc2nc(-c3ccc(OC)cc3)[nH]c2c1)C(=O)Nc1ccc2c(c1)OCCO2. The number of carbonyl (C=O) groups is 2. The number of nitrogens with one attached hydrogen (secondary N) is 2. The molecular formula is C27H25N3O6. The summed E-state index contributed by atoms with van der Waals surface area (Å²) < 4.78 is 21.8. The maximum absolute atomic E-state index is 12.9. The van der Waals surface area contributed by atoms with Gasteiger partial charge in [0.1, 0.15) is 24.8 Å². The third kappa shape index (κ3) is 4.81. The molecule has 1 aliphatic rings. The Balaban J connectivity index is 1.28. The van der Waals surface area contributed by atoms with Crippen molar-refractivity contribution in [3.05, 3.63) is 66.2 Å². The van der Waals surface area contributed by atoms with Crippen LogP contribution in [0.3, 0.4) is 0 Å². The highest BCUT2D eigenvalue weighted by molar-refractivity contribution is 5.99. The van der Waals surface area contributed by atoms with Crippen LogP contribution in [0.5, 0.6) is 17.2 Å². The lowest BCUT2D eigenvalue weighted by molar-refractivity contribution is -0.124. The summed E-state index contributed by atoms with van der Waals surface area (Å²) >= 11 is 0. The van der Waals surface area contributed by atoms with Crippen molar-refractivity contribution in [3.63, 3.8) is 0 Å². The quantitative estimate of drug-likeness (QED) is 0.367. The Hall–Kier alpha value is -4.53. The number of rotatable bonds is 7. The molecule has 9 nitrogen and oxygen atoms in total. The molecule has 0 saturated heterocycles. The van der Waals surface area contributed by atoms with Crippen LogP contribution in [0, 0.1) is 0 Å². The number of imidazole rings is 1. The van der Waals surface area contributed by atoms with Crippen molar-refractivity contribution in [2.45, 2.75) is 19.4 Å². The van der Waals surface area contributed by atoms with Gasteiger partial charge in [0, 0.05) is 17.3 Å². The summed E-state index contributed by atoms with van der Waals surface area (Å²) in [6.45, 7) is 2.71. The van der Waals surface area contributed by atoms with Gasteiger partial charge in [-0.15, -0.1) is 0 Å². The number of esters is 1. The number of aromatic nitrogens is 2. The molecule has 5 rings (SSSR count). The van der Waals surface area contributed by atoms with Gasteiger partial charge in [-0.1, -0.05) is 6.92 Å². The van der Waals surface area contributed by atoms with Gasteiger partial charge in [-0.3, -0.25) is 4.79 Å². The summed E-state index contributed by atoms with van der Waals surface area (Å²) in [7, 11) is 1.61. The molecule has 1 aliphatic heterocycles. The molecule has 1 atom stereocenters. The van der Waals surface area contributed by atoms with Crippen LogP contribution in [0.2, 0.25) is 0 Å². The molecule has 1 unspecified atom stereocenters. The van der Waals surface area contributed by atoms with Crippen LogP contribution in [0.15, 0.2) is 60.7 Å². The molecule has 9 heteroatoms. The van der Waals surface area contributed by atoms with E-state index in [4.69, 9.17) is 18.9 Å². The highest BCUT2D eigenvalue weighted by Gasteiger charge is 2.23. The normalized spacial score (nSPS) is 13.2. The summed E-state index contributed by atoms with van der Waals surface area (Å²) in [6, 6.07) is 17.7. The summed E-state index contributed by atoms with van der Waals surface area (Å²) in [5, 5.41) is 2.78. The van der Waals surface area contributed by atoms with E-state index in [1.54, 1.807) is 50.4 Å². The molecule has 1 aromatic heterocycles. The van der Waals surface area contributed by atoms with Crippen molar-refractivity contribution < 1.29 is 28.5 Å². The second kappa shape index (κ2) is 9.99. The van der Waals surface area contributed by atoms with Gasteiger partial charge < -0.3 is 29.2 Å². The standard InChI is InChI=1S/C27H25N3O6/c1-3-22(26(31)28-18-7-11-23-24(15-18)35-13-12-34-23)36-27(32)17-6-10-20-21(14-17)30-25(29-20)16-4-8-19(33-2)9-5-16/h4-11,14-15,22H,3,12-13H2,1-2H3,(H,28,31)(H,29,30). The second-order valence-corrected chi connectivity index (χ2v) is 8.20. The Morgan fingerprint density at radius 2 is 1.81 bits per heavy atom. The van der Waals surface area contributed by atoms with E-state index in [9.17, 15) is 9.59 Å². The first-order valence-corrected chi connectivity index (χ1v) is 11.6. The minimum atomic E-state index is -0.960. The van der Waals surface area contributed by atoms with E-state index in [0.29, 0.717) is 59.2 Å². The number of ether oxygens (including phenoxy) is 4. The molecule has 2 N–H and O–H groups in total. The zero-order valence-electron chi connectivity index (χ0n) is 19.9. The van der Waals surface area contributed by atoms with Crippen LogP contribution in [-0.2, 0) is 9.53 Å². The van der Waals surface area contributed by atoms with Crippen molar-refractivity contribution in [3.8, 4) is 28.6 Å². The van der Waals surface area contributed by atoms with Gasteiger partial charge in [-0.2, -0.15) is 0 Å².